The molecule has 0 spiro atoms. The average Bonchev–Trinajstić information content (AvgIpc) is 2.48. The second-order valence-electron chi connectivity index (χ2n) is 4.75. The minimum absolute atomic E-state index is 0.277. The molecule has 0 radical (unpaired) electrons. The van der Waals surface area contributed by atoms with Gasteiger partial charge < -0.3 is 4.74 Å². The third kappa shape index (κ3) is 4.34. The molecule has 106 valence electrons. The van der Waals surface area contributed by atoms with Gasteiger partial charge in [-0.15, -0.1) is 0 Å². The Hall–Kier alpha value is -0.830. The molecule has 2 aromatic rings. The van der Waals surface area contributed by atoms with Gasteiger partial charge in [-0.2, -0.15) is 0 Å². The molecule has 0 bridgehead atoms. The van der Waals surface area contributed by atoms with Crippen LogP contribution in [0.25, 0.3) is 0 Å². The van der Waals surface area contributed by atoms with Crippen molar-refractivity contribution in [3.05, 3.63) is 70.2 Å². The van der Waals surface area contributed by atoms with Crippen molar-refractivity contribution in [2.75, 3.05) is 13.7 Å². The first-order valence-corrected chi connectivity index (χ1v) is 7.95. The highest BCUT2D eigenvalue weighted by atomic mass is 79.9. The summed E-state index contributed by atoms with van der Waals surface area (Å²) in [5, 5.41) is 0.827. The second kappa shape index (κ2) is 7.82. The minimum Gasteiger partial charge on any atom is -0.384 e. The van der Waals surface area contributed by atoms with E-state index in [0.29, 0.717) is 0 Å². The molecule has 0 aliphatic carbocycles. The lowest BCUT2D eigenvalue weighted by Gasteiger charge is -2.12. The van der Waals surface area contributed by atoms with Gasteiger partial charge >= 0.3 is 0 Å². The second-order valence-corrected chi connectivity index (χ2v) is 6.26. The van der Waals surface area contributed by atoms with E-state index in [0.717, 1.165) is 24.5 Å². The summed E-state index contributed by atoms with van der Waals surface area (Å²) in [6, 6.07) is 16.6. The van der Waals surface area contributed by atoms with Crippen LogP contribution in [0, 0.1) is 0 Å². The van der Waals surface area contributed by atoms with Gasteiger partial charge in [0.1, 0.15) is 0 Å². The van der Waals surface area contributed by atoms with Crippen molar-refractivity contribution >= 4 is 27.5 Å². The molecule has 0 heterocycles. The fourth-order valence-electron chi connectivity index (χ4n) is 2.09. The van der Waals surface area contributed by atoms with Crippen molar-refractivity contribution in [1.29, 1.82) is 0 Å². The average molecular weight is 354 g/mol. The number of benzene rings is 2. The Morgan fingerprint density at radius 1 is 1.10 bits per heavy atom. The predicted molar refractivity (Wildman–Crippen MR) is 88.8 cm³/mol. The summed E-state index contributed by atoms with van der Waals surface area (Å²) in [5.41, 5.74) is 3.73. The number of rotatable bonds is 6. The molecule has 0 aromatic heterocycles. The zero-order valence-corrected chi connectivity index (χ0v) is 13.8. The van der Waals surface area contributed by atoms with Crippen LogP contribution in [-0.4, -0.2) is 13.7 Å². The lowest BCUT2D eigenvalue weighted by atomic mass is 10.0. The van der Waals surface area contributed by atoms with Crippen LogP contribution in [0.1, 0.15) is 21.5 Å². The maximum atomic E-state index is 6.20. The number of hydrogen-bond acceptors (Lipinski definition) is 1. The monoisotopic (exact) mass is 352 g/mol. The summed E-state index contributed by atoms with van der Waals surface area (Å²) < 4.78 is 5.09. The molecule has 1 unspecified atom stereocenters. The van der Waals surface area contributed by atoms with Gasteiger partial charge in [0.25, 0.3) is 0 Å². The van der Waals surface area contributed by atoms with Crippen molar-refractivity contribution in [1.82, 2.24) is 0 Å². The predicted octanol–water partition coefficient (Wildman–Crippen LogP) is 5.21. The van der Waals surface area contributed by atoms with Crippen LogP contribution < -0.4 is 0 Å². The van der Waals surface area contributed by atoms with Crippen LogP contribution in [0.5, 0.6) is 0 Å². The molecule has 3 heteroatoms. The highest BCUT2D eigenvalue weighted by molar-refractivity contribution is 9.09. The van der Waals surface area contributed by atoms with Crippen LogP contribution >= 0.6 is 27.5 Å². The topological polar surface area (TPSA) is 9.23 Å². The minimum atomic E-state index is 0.277. The van der Waals surface area contributed by atoms with E-state index in [1.165, 1.54) is 16.7 Å². The van der Waals surface area contributed by atoms with Gasteiger partial charge in [0.2, 0.25) is 0 Å². The van der Waals surface area contributed by atoms with E-state index in [1.807, 2.05) is 18.2 Å². The third-order valence-electron chi connectivity index (χ3n) is 3.29. The third-order valence-corrected chi connectivity index (χ3v) is 4.51. The first-order chi connectivity index (χ1) is 9.70. The molecule has 0 amide bonds. The van der Waals surface area contributed by atoms with E-state index in [4.69, 9.17) is 16.3 Å². The lowest BCUT2D eigenvalue weighted by molar-refractivity contribution is 0.202. The van der Waals surface area contributed by atoms with Crippen LogP contribution in [0.15, 0.2) is 48.5 Å². The quantitative estimate of drug-likeness (QED) is 0.648. The van der Waals surface area contributed by atoms with E-state index in [-0.39, 0.29) is 4.83 Å². The molecule has 0 aliphatic heterocycles. The summed E-state index contributed by atoms with van der Waals surface area (Å²) in [6.45, 7) is 0.761. The normalized spacial score (nSPS) is 12.3. The van der Waals surface area contributed by atoms with Crippen molar-refractivity contribution in [3.63, 3.8) is 0 Å². The van der Waals surface area contributed by atoms with Gasteiger partial charge in [-0.05, 0) is 35.6 Å². The van der Waals surface area contributed by atoms with Gasteiger partial charge in [0, 0.05) is 17.0 Å². The highest BCUT2D eigenvalue weighted by Gasteiger charge is 2.10. The Kier molecular flexibility index (Phi) is 6.08. The summed E-state index contributed by atoms with van der Waals surface area (Å²) in [5.74, 6) is 0. The summed E-state index contributed by atoms with van der Waals surface area (Å²) >= 11 is 9.95. The number of ether oxygens (including phenoxy) is 1. The Bertz CT molecular complexity index is 539. The van der Waals surface area contributed by atoms with Crippen LogP contribution in [0.3, 0.4) is 0 Å². The molecule has 2 rings (SSSR count). The van der Waals surface area contributed by atoms with Crippen molar-refractivity contribution in [3.8, 4) is 0 Å². The molecule has 1 nitrogen and oxygen atoms in total. The lowest BCUT2D eigenvalue weighted by Crippen LogP contribution is -1.98. The van der Waals surface area contributed by atoms with Gasteiger partial charge in [-0.3, -0.25) is 0 Å². The zero-order chi connectivity index (χ0) is 14.4. The van der Waals surface area contributed by atoms with Crippen molar-refractivity contribution in [2.45, 2.75) is 17.7 Å². The number of hydrogen-bond donors (Lipinski definition) is 0. The fraction of sp³-hybridized carbons (Fsp3) is 0.294. The van der Waals surface area contributed by atoms with Crippen molar-refractivity contribution < 1.29 is 4.74 Å². The van der Waals surface area contributed by atoms with Crippen LogP contribution in [0.4, 0.5) is 0 Å². The Morgan fingerprint density at radius 3 is 2.45 bits per heavy atom. The maximum absolute atomic E-state index is 6.20. The largest absolute Gasteiger partial charge is 0.384 e. The first kappa shape index (κ1) is 15.6. The number of alkyl halides is 1. The van der Waals surface area contributed by atoms with Gasteiger partial charge in [-0.25, -0.2) is 0 Å². The van der Waals surface area contributed by atoms with Crippen molar-refractivity contribution in [2.24, 2.45) is 0 Å². The van der Waals surface area contributed by atoms with Gasteiger partial charge in [0.05, 0.1) is 6.61 Å². The highest BCUT2D eigenvalue weighted by Crippen LogP contribution is 2.29. The zero-order valence-electron chi connectivity index (χ0n) is 11.5. The van der Waals surface area contributed by atoms with E-state index >= 15 is 0 Å². The molecule has 2 aromatic carbocycles. The Morgan fingerprint density at radius 2 is 1.80 bits per heavy atom. The molecule has 0 fully saturated rings. The molecular formula is C17H18BrClO. The smallest absolute Gasteiger partial charge is 0.0502 e. The molecule has 0 N–H and O–H groups in total. The van der Waals surface area contributed by atoms with E-state index < -0.39 is 0 Å². The molecule has 20 heavy (non-hydrogen) atoms. The summed E-state index contributed by atoms with van der Waals surface area (Å²) in [7, 11) is 1.73. The molecule has 1 atom stereocenters. The van der Waals surface area contributed by atoms with E-state index in [1.54, 1.807) is 7.11 Å². The molecular weight excluding hydrogens is 336 g/mol. The number of halogens is 2. The number of methoxy groups -OCH3 is 1. The summed E-state index contributed by atoms with van der Waals surface area (Å²) in [4.78, 5) is 0.277. The van der Waals surface area contributed by atoms with Gasteiger partial charge in [-0.1, -0.05) is 70.0 Å². The molecule has 0 aliphatic rings. The standard InChI is InChI=1S/C17H18BrClO/c1-20-11-10-13-6-8-14(9-7-13)16(18)12-15-4-2-3-5-17(15)19/h2-9,16H,10-12H2,1H3. The molecule has 0 saturated heterocycles. The van der Waals surface area contributed by atoms with E-state index in [2.05, 4.69) is 46.3 Å². The van der Waals surface area contributed by atoms with E-state index in [9.17, 15) is 0 Å². The van der Waals surface area contributed by atoms with Crippen LogP contribution in [0.2, 0.25) is 5.02 Å². The first-order valence-electron chi connectivity index (χ1n) is 6.66. The maximum Gasteiger partial charge on any atom is 0.0502 e. The van der Waals surface area contributed by atoms with Crippen LogP contribution in [-0.2, 0) is 17.6 Å². The summed E-state index contributed by atoms with van der Waals surface area (Å²) in [6.07, 6.45) is 1.84. The Balaban J connectivity index is 2.02. The fourth-order valence-corrected chi connectivity index (χ4v) is 2.95. The Labute approximate surface area is 134 Å². The molecule has 0 saturated carbocycles. The van der Waals surface area contributed by atoms with Gasteiger partial charge in [0.15, 0.2) is 0 Å². The SMILES string of the molecule is COCCc1ccc(C(Br)Cc2ccccc2Cl)cc1.